The molecular formula is C15H20O4. The predicted octanol–water partition coefficient (Wildman–Crippen LogP) is 3.14. The molecule has 0 saturated carbocycles. The molecule has 0 aliphatic rings. The second-order valence-corrected chi connectivity index (χ2v) is 4.67. The number of Topliss-reactive ketones (excluding diaryl/α,β-unsaturated/α-hetero) is 1. The first-order valence-electron chi connectivity index (χ1n) is 6.36. The molecule has 0 fully saturated rings. The first-order valence-corrected chi connectivity index (χ1v) is 6.36. The summed E-state index contributed by atoms with van der Waals surface area (Å²) in [7, 11) is 1.61. The summed E-state index contributed by atoms with van der Waals surface area (Å²) in [6.07, 6.45) is 1.65. The van der Waals surface area contributed by atoms with E-state index >= 15 is 0 Å². The lowest BCUT2D eigenvalue weighted by Gasteiger charge is -2.10. The van der Waals surface area contributed by atoms with E-state index in [2.05, 4.69) is 0 Å². The summed E-state index contributed by atoms with van der Waals surface area (Å²) in [6.45, 7) is 3.82. The Balaban J connectivity index is 2.65. The minimum atomic E-state index is -0.816. The number of hydrogen-bond acceptors (Lipinski definition) is 3. The maximum absolute atomic E-state index is 12.0. The molecule has 1 rings (SSSR count). The number of carboxylic acid groups (broad SMARTS) is 1. The van der Waals surface area contributed by atoms with Crippen molar-refractivity contribution in [2.24, 2.45) is 0 Å². The van der Waals surface area contributed by atoms with Crippen LogP contribution in [0, 0.1) is 13.8 Å². The highest BCUT2D eigenvalue weighted by Crippen LogP contribution is 2.25. The molecule has 104 valence electrons. The summed E-state index contributed by atoms with van der Waals surface area (Å²) in [5.41, 5.74) is 2.55. The van der Waals surface area contributed by atoms with E-state index in [1.54, 1.807) is 7.11 Å². The Labute approximate surface area is 113 Å². The number of carbonyl (C=O) groups excluding carboxylic acids is 1. The van der Waals surface area contributed by atoms with Gasteiger partial charge in [0, 0.05) is 18.4 Å². The number of aliphatic carboxylic acids is 1. The lowest BCUT2D eigenvalue weighted by atomic mass is 9.99. The van der Waals surface area contributed by atoms with Gasteiger partial charge in [0.25, 0.3) is 0 Å². The van der Waals surface area contributed by atoms with Gasteiger partial charge < -0.3 is 9.84 Å². The molecule has 19 heavy (non-hydrogen) atoms. The van der Waals surface area contributed by atoms with Crippen molar-refractivity contribution < 1.29 is 19.4 Å². The molecule has 1 aromatic rings. The van der Waals surface area contributed by atoms with Crippen LogP contribution in [0.2, 0.25) is 0 Å². The van der Waals surface area contributed by atoms with E-state index in [4.69, 9.17) is 9.84 Å². The smallest absolute Gasteiger partial charge is 0.303 e. The fourth-order valence-electron chi connectivity index (χ4n) is 2.14. The van der Waals surface area contributed by atoms with Crippen LogP contribution in [-0.2, 0) is 4.79 Å². The Hall–Kier alpha value is -1.84. The molecule has 0 bridgehead atoms. The topological polar surface area (TPSA) is 63.6 Å². The van der Waals surface area contributed by atoms with Gasteiger partial charge in [-0.15, -0.1) is 0 Å². The Morgan fingerprint density at radius 2 is 1.63 bits per heavy atom. The number of aryl methyl sites for hydroxylation is 2. The standard InChI is InChI=1S/C15H20O4/c1-10-8-12(9-11(2)15(10)19-3)13(16)6-4-5-7-14(17)18/h8-9H,4-7H2,1-3H3,(H,17,18). The van der Waals surface area contributed by atoms with Gasteiger partial charge in [0.1, 0.15) is 5.75 Å². The molecule has 0 saturated heterocycles. The molecule has 0 amide bonds. The van der Waals surface area contributed by atoms with Gasteiger partial charge >= 0.3 is 5.97 Å². The van der Waals surface area contributed by atoms with Crippen LogP contribution in [0.4, 0.5) is 0 Å². The molecule has 0 aliphatic heterocycles. The van der Waals surface area contributed by atoms with Crippen LogP contribution in [0.1, 0.15) is 47.2 Å². The van der Waals surface area contributed by atoms with Crippen LogP contribution in [0.15, 0.2) is 12.1 Å². The predicted molar refractivity (Wildman–Crippen MR) is 72.9 cm³/mol. The van der Waals surface area contributed by atoms with E-state index in [1.807, 2.05) is 26.0 Å². The minimum Gasteiger partial charge on any atom is -0.496 e. The number of hydrogen-bond donors (Lipinski definition) is 1. The third kappa shape index (κ3) is 4.39. The first kappa shape index (κ1) is 15.2. The number of rotatable bonds is 7. The van der Waals surface area contributed by atoms with Gasteiger partial charge in [-0.3, -0.25) is 9.59 Å². The van der Waals surface area contributed by atoms with Gasteiger partial charge in [0.2, 0.25) is 0 Å². The Bertz CT molecular complexity index is 454. The highest BCUT2D eigenvalue weighted by molar-refractivity contribution is 5.96. The zero-order valence-corrected chi connectivity index (χ0v) is 11.7. The average Bonchev–Trinajstić information content (AvgIpc) is 2.33. The number of carboxylic acids is 1. The van der Waals surface area contributed by atoms with E-state index in [0.717, 1.165) is 16.9 Å². The first-order chi connectivity index (χ1) is 8.95. The number of methoxy groups -OCH3 is 1. The van der Waals surface area contributed by atoms with Gasteiger partial charge in [-0.1, -0.05) is 0 Å². The van der Waals surface area contributed by atoms with Crippen molar-refractivity contribution in [3.8, 4) is 5.75 Å². The van der Waals surface area contributed by atoms with Crippen molar-refractivity contribution >= 4 is 11.8 Å². The lowest BCUT2D eigenvalue weighted by molar-refractivity contribution is -0.137. The van der Waals surface area contributed by atoms with Crippen molar-refractivity contribution in [1.82, 2.24) is 0 Å². The number of carbonyl (C=O) groups is 2. The molecular weight excluding hydrogens is 244 g/mol. The molecule has 1 N–H and O–H groups in total. The summed E-state index contributed by atoms with van der Waals surface area (Å²) in [4.78, 5) is 22.4. The molecule has 4 heteroatoms. The summed E-state index contributed by atoms with van der Waals surface area (Å²) in [5, 5.41) is 8.53. The highest BCUT2D eigenvalue weighted by atomic mass is 16.5. The molecule has 0 unspecified atom stereocenters. The van der Waals surface area contributed by atoms with E-state index in [9.17, 15) is 9.59 Å². The van der Waals surface area contributed by atoms with Crippen molar-refractivity contribution in [3.05, 3.63) is 28.8 Å². The number of ketones is 1. The quantitative estimate of drug-likeness (QED) is 0.607. The third-order valence-electron chi connectivity index (χ3n) is 3.03. The van der Waals surface area contributed by atoms with Gasteiger partial charge in [-0.05, 0) is 49.9 Å². The lowest BCUT2D eigenvalue weighted by Crippen LogP contribution is -2.03. The van der Waals surface area contributed by atoms with Gasteiger partial charge in [0.15, 0.2) is 5.78 Å². The van der Waals surface area contributed by atoms with Crippen LogP contribution in [0.25, 0.3) is 0 Å². The van der Waals surface area contributed by atoms with E-state index < -0.39 is 5.97 Å². The SMILES string of the molecule is COc1c(C)cc(C(=O)CCCCC(=O)O)cc1C. The van der Waals surface area contributed by atoms with Crippen molar-refractivity contribution in [1.29, 1.82) is 0 Å². The van der Waals surface area contributed by atoms with Crippen molar-refractivity contribution in [2.75, 3.05) is 7.11 Å². The fraction of sp³-hybridized carbons (Fsp3) is 0.467. The van der Waals surface area contributed by atoms with Gasteiger partial charge in [0.05, 0.1) is 7.11 Å². The van der Waals surface area contributed by atoms with Crippen LogP contribution >= 0.6 is 0 Å². The second kappa shape index (κ2) is 6.92. The Morgan fingerprint density at radius 3 is 2.11 bits per heavy atom. The summed E-state index contributed by atoms with van der Waals surface area (Å²) in [6, 6.07) is 3.65. The second-order valence-electron chi connectivity index (χ2n) is 4.67. The van der Waals surface area contributed by atoms with Gasteiger partial charge in [-0.25, -0.2) is 0 Å². The largest absolute Gasteiger partial charge is 0.496 e. The van der Waals surface area contributed by atoms with Crippen LogP contribution in [-0.4, -0.2) is 24.0 Å². The maximum Gasteiger partial charge on any atom is 0.303 e. The Kier molecular flexibility index (Phi) is 5.55. The maximum atomic E-state index is 12.0. The molecule has 0 radical (unpaired) electrons. The van der Waals surface area contributed by atoms with Crippen molar-refractivity contribution in [2.45, 2.75) is 39.5 Å². The number of unbranched alkanes of at least 4 members (excludes halogenated alkanes) is 1. The molecule has 0 heterocycles. The fourth-order valence-corrected chi connectivity index (χ4v) is 2.14. The van der Waals surface area contributed by atoms with Gasteiger partial charge in [-0.2, -0.15) is 0 Å². The highest BCUT2D eigenvalue weighted by Gasteiger charge is 2.11. The van der Waals surface area contributed by atoms with Crippen molar-refractivity contribution in [3.63, 3.8) is 0 Å². The summed E-state index contributed by atoms with van der Waals surface area (Å²) in [5.74, 6) is 0.0465. The van der Waals surface area contributed by atoms with E-state index in [-0.39, 0.29) is 12.2 Å². The zero-order chi connectivity index (χ0) is 14.4. The number of ether oxygens (including phenoxy) is 1. The molecule has 4 nitrogen and oxygen atoms in total. The summed E-state index contributed by atoms with van der Waals surface area (Å²) < 4.78 is 5.26. The van der Waals surface area contributed by atoms with E-state index in [0.29, 0.717) is 24.8 Å². The molecule has 0 atom stereocenters. The minimum absolute atomic E-state index is 0.0549. The monoisotopic (exact) mass is 264 g/mol. The number of benzene rings is 1. The van der Waals surface area contributed by atoms with E-state index in [1.165, 1.54) is 0 Å². The Morgan fingerprint density at radius 1 is 1.11 bits per heavy atom. The van der Waals surface area contributed by atoms with Crippen LogP contribution in [0.5, 0.6) is 5.75 Å². The molecule has 0 spiro atoms. The zero-order valence-electron chi connectivity index (χ0n) is 11.7. The van der Waals surface area contributed by atoms with Crippen LogP contribution < -0.4 is 4.74 Å². The molecule has 0 aromatic heterocycles. The summed E-state index contributed by atoms with van der Waals surface area (Å²) >= 11 is 0. The molecule has 0 aliphatic carbocycles. The van der Waals surface area contributed by atoms with Crippen LogP contribution in [0.3, 0.4) is 0 Å². The normalized spacial score (nSPS) is 10.3. The molecule has 1 aromatic carbocycles. The average molecular weight is 264 g/mol. The third-order valence-corrected chi connectivity index (χ3v) is 3.03.